The van der Waals surface area contributed by atoms with Crippen LogP contribution >= 0.6 is 0 Å². The number of sulfone groups is 1. The van der Waals surface area contributed by atoms with Gasteiger partial charge in [0.25, 0.3) is 0 Å². The fourth-order valence-corrected chi connectivity index (χ4v) is 5.61. The molecule has 1 aromatic carbocycles. The van der Waals surface area contributed by atoms with Crippen molar-refractivity contribution in [3.63, 3.8) is 0 Å². The van der Waals surface area contributed by atoms with Gasteiger partial charge in [-0.05, 0) is 76.0 Å². The second kappa shape index (κ2) is 10.4. The molecule has 0 heterocycles. The molecular weight excluding hydrogens is 366 g/mol. The number of benzene rings is 1. The maximum Gasteiger partial charge on any atom is 0.155 e. The molecule has 0 bridgehead atoms. The minimum atomic E-state index is -2.99. The standard InChI is InChI=1S/C24H37NO2S/c1-24(2,3)28(26,27)19-22-15-13-20(14-16-22)9-6-4-5-7-10-21-11-8-12-23(17-21)18-25/h8,11-12,17,20,22H,4-7,9-10,13-16,19H2,1-3H3. The van der Waals surface area contributed by atoms with Crippen molar-refractivity contribution in [2.75, 3.05) is 5.75 Å². The van der Waals surface area contributed by atoms with E-state index in [9.17, 15) is 8.42 Å². The molecule has 1 aromatic rings. The Hall–Kier alpha value is -1.34. The molecule has 0 N–H and O–H groups in total. The first kappa shape index (κ1) is 22.9. The van der Waals surface area contributed by atoms with E-state index in [2.05, 4.69) is 12.1 Å². The third-order valence-electron chi connectivity index (χ3n) is 6.24. The summed E-state index contributed by atoms with van der Waals surface area (Å²) in [5.74, 6) is 1.53. The second-order valence-corrected chi connectivity index (χ2v) is 12.3. The molecular formula is C24H37NO2S. The van der Waals surface area contributed by atoms with Crippen LogP contribution in [0.3, 0.4) is 0 Å². The van der Waals surface area contributed by atoms with Crippen molar-refractivity contribution in [1.29, 1.82) is 5.26 Å². The minimum Gasteiger partial charge on any atom is -0.228 e. The van der Waals surface area contributed by atoms with Gasteiger partial charge in [-0.15, -0.1) is 0 Å². The molecule has 156 valence electrons. The van der Waals surface area contributed by atoms with Gasteiger partial charge < -0.3 is 0 Å². The Bertz CT molecular complexity index is 748. The van der Waals surface area contributed by atoms with Gasteiger partial charge in [-0.25, -0.2) is 8.42 Å². The normalized spacial score (nSPS) is 20.6. The first-order valence-electron chi connectivity index (χ1n) is 10.9. The van der Waals surface area contributed by atoms with E-state index < -0.39 is 14.6 Å². The van der Waals surface area contributed by atoms with Crippen LogP contribution in [0.25, 0.3) is 0 Å². The van der Waals surface area contributed by atoms with Crippen LogP contribution in [-0.2, 0) is 16.3 Å². The van der Waals surface area contributed by atoms with Crippen molar-refractivity contribution in [3.05, 3.63) is 35.4 Å². The van der Waals surface area contributed by atoms with E-state index in [1.165, 1.54) is 50.5 Å². The Morgan fingerprint density at radius 3 is 2.29 bits per heavy atom. The van der Waals surface area contributed by atoms with Gasteiger partial charge in [0.2, 0.25) is 0 Å². The van der Waals surface area contributed by atoms with Crippen LogP contribution in [0.4, 0.5) is 0 Å². The maximum atomic E-state index is 12.4. The SMILES string of the molecule is CC(C)(C)S(=O)(=O)CC1CCC(CCCCCCc2cccc(C#N)c2)CC1. The fraction of sp³-hybridized carbons (Fsp3) is 0.708. The smallest absolute Gasteiger partial charge is 0.155 e. The number of nitriles is 1. The Kier molecular flexibility index (Phi) is 8.56. The molecule has 1 aliphatic rings. The van der Waals surface area contributed by atoms with Crippen molar-refractivity contribution in [2.45, 2.75) is 89.7 Å². The van der Waals surface area contributed by atoms with E-state index in [4.69, 9.17) is 5.26 Å². The van der Waals surface area contributed by atoms with E-state index in [1.807, 2.05) is 39.0 Å². The number of hydrogen-bond acceptors (Lipinski definition) is 3. The van der Waals surface area contributed by atoms with E-state index in [0.717, 1.165) is 30.7 Å². The van der Waals surface area contributed by atoms with Gasteiger partial charge in [0.15, 0.2) is 9.84 Å². The van der Waals surface area contributed by atoms with Gasteiger partial charge >= 0.3 is 0 Å². The van der Waals surface area contributed by atoms with Gasteiger partial charge in [0.05, 0.1) is 22.1 Å². The summed E-state index contributed by atoms with van der Waals surface area (Å²) in [7, 11) is -2.99. The maximum absolute atomic E-state index is 12.4. The van der Waals surface area contributed by atoms with Gasteiger partial charge in [-0.2, -0.15) is 5.26 Å². The topological polar surface area (TPSA) is 57.9 Å². The summed E-state index contributed by atoms with van der Waals surface area (Å²) in [4.78, 5) is 0. The number of nitrogens with zero attached hydrogens (tertiary/aromatic N) is 1. The largest absolute Gasteiger partial charge is 0.228 e. The summed E-state index contributed by atoms with van der Waals surface area (Å²) in [6.45, 7) is 5.44. The van der Waals surface area contributed by atoms with E-state index in [-0.39, 0.29) is 0 Å². The molecule has 4 heteroatoms. The average molecular weight is 404 g/mol. The molecule has 1 saturated carbocycles. The van der Waals surface area contributed by atoms with Crippen molar-refractivity contribution in [2.24, 2.45) is 11.8 Å². The Balaban J connectivity index is 1.57. The van der Waals surface area contributed by atoms with Crippen LogP contribution in [-0.4, -0.2) is 18.9 Å². The molecule has 0 unspecified atom stereocenters. The van der Waals surface area contributed by atoms with Crippen molar-refractivity contribution in [3.8, 4) is 6.07 Å². The van der Waals surface area contributed by atoms with Crippen molar-refractivity contribution in [1.82, 2.24) is 0 Å². The van der Waals surface area contributed by atoms with Gasteiger partial charge in [0.1, 0.15) is 0 Å². The highest BCUT2D eigenvalue weighted by Crippen LogP contribution is 2.34. The predicted octanol–water partition coefficient (Wildman–Crippen LogP) is 6.07. The van der Waals surface area contributed by atoms with Crippen LogP contribution in [0.2, 0.25) is 0 Å². The number of unbranched alkanes of at least 4 members (excludes halogenated alkanes) is 3. The zero-order valence-corrected chi connectivity index (χ0v) is 18.7. The zero-order valence-electron chi connectivity index (χ0n) is 17.9. The van der Waals surface area contributed by atoms with Crippen molar-refractivity contribution < 1.29 is 8.42 Å². The van der Waals surface area contributed by atoms with Crippen LogP contribution in [0.5, 0.6) is 0 Å². The summed E-state index contributed by atoms with van der Waals surface area (Å²) < 4.78 is 24.2. The molecule has 0 aliphatic heterocycles. The van der Waals surface area contributed by atoms with Crippen LogP contribution in [0.1, 0.15) is 89.7 Å². The number of rotatable bonds is 9. The van der Waals surface area contributed by atoms with Crippen molar-refractivity contribution >= 4 is 9.84 Å². The summed E-state index contributed by atoms with van der Waals surface area (Å²) in [6.07, 6.45) is 11.9. The quantitative estimate of drug-likeness (QED) is 0.470. The molecule has 0 saturated heterocycles. The molecule has 2 rings (SSSR count). The molecule has 28 heavy (non-hydrogen) atoms. The van der Waals surface area contributed by atoms with Crippen LogP contribution in [0, 0.1) is 23.2 Å². The number of aryl methyl sites for hydroxylation is 1. The monoisotopic (exact) mass is 403 g/mol. The molecule has 1 fully saturated rings. The third kappa shape index (κ3) is 7.24. The highest BCUT2D eigenvalue weighted by atomic mass is 32.2. The number of hydrogen-bond donors (Lipinski definition) is 0. The Morgan fingerprint density at radius 2 is 1.64 bits per heavy atom. The summed E-state index contributed by atoms with van der Waals surface area (Å²) in [5, 5.41) is 8.96. The molecule has 0 aromatic heterocycles. The van der Waals surface area contributed by atoms with Crippen LogP contribution < -0.4 is 0 Å². The first-order chi connectivity index (χ1) is 13.2. The molecule has 3 nitrogen and oxygen atoms in total. The van der Waals surface area contributed by atoms with E-state index in [0.29, 0.717) is 11.7 Å². The second-order valence-electron chi connectivity index (χ2n) is 9.55. The lowest BCUT2D eigenvalue weighted by molar-refractivity contribution is 0.272. The summed E-state index contributed by atoms with van der Waals surface area (Å²) >= 11 is 0. The van der Waals surface area contributed by atoms with Gasteiger partial charge in [-0.1, -0.05) is 50.7 Å². The molecule has 0 amide bonds. The predicted molar refractivity (Wildman–Crippen MR) is 117 cm³/mol. The highest BCUT2D eigenvalue weighted by molar-refractivity contribution is 7.92. The molecule has 1 aliphatic carbocycles. The first-order valence-corrected chi connectivity index (χ1v) is 12.6. The minimum absolute atomic E-state index is 0.365. The van der Waals surface area contributed by atoms with E-state index in [1.54, 1.807) is 0 Å². The zero-order chi connectivity index (χ0) is 20.6. The van der Waals surface area contributed by atoms with Gasteiger partial charge in [-0.3, -0.25) is 0 Å². The highest BCUT2D eigenvalue weighted by Gasteiger charge is 2.33. The summed E-state index contributed by atoms with van der Waals surface area (Å²) in [6, 6.07) is 10.1. The average Bonchev–Trinajstić information content (AvgIpc) is 2.65. The molecule has 0 spiro atoms. The lowest BCUT2D eigenvalue weighted by atomic mass is 9.80. The van der Waals surface area contributed by atoms with Crippen LogP contribution in [0.15, 0.2) is 24.3 Å². The molecule has 0 atom stereocenters. The lowest BCUT2D eigenvalue weighted by Crippen LogP contribution is -2.34. The Labute approximate surface area is 172 Å². The third-order valence-corrected chi connectivity index (χ3v) is 9.01. The van der Waals surface area contributed by atoms with E-state index >= 15 is 0 Å². The fourth-order valence-electron chi connectivity index (χ4n) is 4.16. The Morgan fingerprint density at radius 1 is 1.00 bits per heavy atom. The lowest BCUT2D eigenvalue weighted by Gasteiger charge is -2.30. The molecule has 0 radical (unpaired) electrons. The van der Waals surface area contributed by atoms with Gasteiger partial charge in [0, 0.05) is 0 Å². The summed E-state index contributed by atoms with van der Waals surface area (Å²) in [5.41, 5.74) is 2.02.